The smallest absolute Gasteiger partial charge is 0.104 e. The summed E-state index contributed by atoms with van der Waals surface area (Å²) in [5.41, 5.74) is 2.24. The van der Waals surface area contributed by atoms with Gasteiger partial charge in [-0.2, -0.15) is 0 Å². The van der Waals surface area contributed by atoms with Gasteiger partial charge in [0.1, 0.15) is 5.83 Å². The van der Waals surface area contributed by atoms with E-state index in [9.17, 15) is 4.39 Å². The Labute approximate surface area is 109 Å². The van der Waals surface area contributed by atoms with E-state index < -0.39 is 0 Å². The summed E-state index contributed by atoms with van der Waals surface area (Å²) in [6.07, 6.45) is 3.26. The molecule has 2 rings (SSSR count). The van der Waals surface area contributed by atoms with E-state index in [1.54, 1.807) is 6.08 Å². The van der Waals surface area contributed by atoms with Gasteiger partial charge in [0.05, 0.1) is 0 Å². The Balaban J connectivity index is 2.06. The van der Waals surface area contributed by atoms with E-state index >= 15 is 0 Å². The third kappa shape index (κ3) is 3.42. The quantitative estimate of drug-likeness (QED) is 0.762. The molecule has 0 unspecified atom stereocenters. The Morgan fingerprint density at radius 1 is 1.22 bits per heavy atom. The molecule has 0 spiro atoms. The lowest BCUT2D eigenvalue weighted by Gasteiger charge is -2.20. The lowest BCUT2D eigenvalue weighted by atomic mass is 9.96. The Morgan fingerprint density at radius 2 is 1.83 bits per heavy atom. The molecular weight excluding hydrogens is 227 g/mol. The van der Waals surface area contributed by atoms with Gasteiger partial charge >= 0.3 is 0 Å². The number of rotatable bonds is 3. The van der Waals surface area contributed by atoms with Crippen molar-refractivity contribution in [1.29, 1.82) is 0 Å². The van der Waals surface area contributed by atoms with Crippen molar-refractivity contribution in [3.63, 3.8) is 0 Å². The van der Waals surface area contributed by atoms with Crippen LogP contribution < -0.4 is 0 Å². The summed E-state index contributed by atoms with van der Waals surface area (Å²) in [6, 6.07) is 8.14. The number of allylic oxidation sites excluding steroid dienone is 1. The maximum absolute atomic E-state index is 14.0. The van der Waals surface area contributed by atoms with Crippen LogP contribution >= 0.6 is 0 Å². The third-order valence-corrected chi connectivity index (χ3v) is 3.52. The van der Waals surface area contributed by atoms with Gasteiger partial charge in [0.2, 0.25) is 0 Å². The summed E-state index contributed by atoms with van der Waals surface area (Å²) in [7, 11) is 0. The lowest BCUT2D eigenvalue weighted by Crippen LogP contribution is -2.15. The van der Waals surface area contributed by atoms with Gasteiger partial charge in [0.15, 0.2) is 0 Å². The fourth-order valence-corrected chi connectivity index (χ4v) is 2.23. The summed E-state index contributed by atoms with van der Waals surface area (Å²) in [6.45, 7) is 5.68. The Bertz CT molecular complexity index is 400. The van der Waals surface area contributed by atoms with E-state index in [-0.39, 0.29) is 11.7 Å². The van der Waals surface area contributed by atoms with Crippen LogP contribution in [0.25, 0.3) is 6.08 Å². The van der Waals surface area contributed by atoms with Gasteiger partial charge in [-0.3, -0.25) is 0 Å². The highest BCUT2D eigenvalue weighted by Gasteiger charge is 2.18. The Hall–Kier alpha value is -1.15. The van der Waals surface area contributed by atoms with Crippen molar-refractivity contribution in [3.8, 4) is 0 Å². The van der Waals surface area contributed by atoms with E-state index in [4.69, 9.17) is 4.74 Å². The highest BCUT2D eigenvalue weighted by Crippen LogP contribution is 2.26. The van der Waals surface area contributed by atoms with Crippen molar-refractivity contribution >= 4 is 6.08 Å². The SMILES string of the molecule is CC(C)c1ccc(/C=C(\F)C2CCOCC2)cc1. The lowest BCUT2D eigenvalue weighted by molar-refractivity contribution is 0.0705. The van der Waals surface area contributed by atoms with Crippen molar-refractivity contribution in [1.82, 2.24) is 0 Å². The molecule has 1 aromatic rings. The highest BCUT2D eigenvalue weighted by atomic mass is 19.1. The minimum absolute atomic E-state index is 0.00408. The van der Waals surface area contributed by atoms with E-state index in [0.717, 1.165) is 18.4 Å². The zero-order valence-corrected chi connectivity index (χ0v) is 11.2. The molecule has 0 saturated carbocycles. The summed E-state index contributed by atoms with van der Waals surface area (Å²) < 4.78 is 19.3. The number of hydrogen-bond donors (Lipinski definition) is 0. The van der Waals surface area contributed by atoms with Crippen LogP contribution in [0.5, 0.6) is 0 Å². The van der Waals surface area contributed by atoms with Gasteiger partial charge in [0, 0.05) is 19.1 Å². The summed E-state index contributed by atoms with van der Waals surface area (Å²) in [5, 5.41) is 0. The molecular formula is C16H21FO. The van der Waals surface area contributed by atoms with Crippen LogP contribution in [0.15, 0.2) is 30.1 Å². The van der Waals surface area contributed by atoms with E-state index in [1.165, 1.54) is 5.56 Å². The molecule has 0 atom stereocenters. The maximum atomic E-state index is 14.0. The topological polar surface area (TPSA) is 9.23 Å². The predicted molar refractivity (Wildman–Crippen MR) is 73.2 cm³/mol. The Morgan fingerprint density at radius 3 is 2.39 bits per heavy atom. The van der Waals surface area contributed by atoms with Crippen molar-refractivity contribution in [2.45, 2.75) is 32.6 Å². The molecule has 1 aromatic carbocycles. The van der Waals surface area contributed by atoms with Crippen LogP contribution in [0.1, 0.15) is 43.7 Å². The van der Waals surface area contributed by atoms with E-state index in [2.05, 4.69) is 26.0 Å². The predicted octanol–water partition coefficient (Wildman–Crippen LogP) is 4.55. The molecule has 0 aliphatic carbocycles. The molecule has 1 aliphatic heterocycles. The zero-order chi connectivity index (χ0) is 13.0. The molecule has 1 heterocycles. The first-order valence-electron chi connectivity index (χ1n) is 6.71. The minimum Gasteiger partial charge on any atom is -0.381 e. The van der Waals surface area contributed by atoms with Gasteiger partial charge in [0.25, 0.3) is 0 Å². The first kappa shape index (κ1) is 13.3. The standard InChI is InChI=1S/C16H21FO/c1-12(2)14-5-3-13(4-6-14)11-16(17)15-7-9-18-10-8-15/h3-6,11-12,15H,7-10H2,1-2H3/b16-11-. The van der Waals surface area contributed by atoms with Gasteiger partial charge in [-0.15, -0.1) is 0 Å². The zero-order valence-electron chi connectivity index (χ0n) is 11.2. The average molecular weight is 248 g/mol. The molecule has 1 aliphatic rings. The maximum Gasteiger partial charge on any atom is 0.104 e. The van der Waals surface area contributed by atoms with Crippen molar-refractivity contribution in [2.75, 3.05) is 13.2 Å². The number of hydrogen-bond acceptors (Lipinski definition) is 1. The number of ether oxygens (including phenoxy) is 1. The number of benzene rings is 1. The molecule has 0 bridgehead atoms. The van der Waals surface area contributed by atoms with Crippen LogP contribution in [0.4, 0.5) is 4.39 Å². The van der Waals surface area contributed by atoms with Crippen LogP contribution in [0.3, 0.4) is 0 Å². The molecule has 0 N–H and O–H groups in total. The second-order valence-corrected chi connectivity index (χ2v) is 5.24. The largest absolute Gasteiger partial charge is 0.381 e. The van der Waals surface area contributed by atoms with Crippen LogP contribution in [0.2, 0.25) is 0 Å². The average Bonchev–Trinajstić information content (AvgIpc) is 2.40. The van der Waals surface area contributed by atoms with Crippen molar-refractivity contribution in [3.05, 3.63) is 41.2 Å². The molecule has 98 valence electrons. The summed E-state index contributed by atoms with van der Waals surface area (Å²) >= 11 is 0. The molecule has 1 nitrogen and oxygen atoms in total. The normalized spacial score (nSPS) is 18.3. The van der Waals surface area contributed by atoms with Gasteiger partial charge < -0.3 is 4.74 Å². The monoisotopic (exact) mass is 248 g/mol. The van der Waals surface area contributed by atoms with E-state index in [0.29, 0.717) is 19.1 Å². The molecule has 0 aromatic heterocycles. The van der Waals surface area contributed by atoms with Crippen molar-refractivity contribution in [2.24, 2.45) is 5.92 Å². The van der Waals surface area contributed by atoms with Gasteiger partial charge in [-0.1, -0.05) is 38.1 Å². The van der Waals surface area contributed by atoms with Crippen molar-refractivity contribution < 1.29 is 9.13 Å². The van der Waals surface area contributed by atoms with Crippen LogP contribution in [0, 0.1) is 5.92 Å². The molecule has 0 radical (unpaired) electrons. The highest BCUT2D eigenvalue weighted by molar-refractivity contribution is 5.52. The fourth-order valence-electron chi connectivity index (χ4n) is 2.23. The fraction of sp³-hybridized carbons (Fsp3) is 0.500. The number of halogens is 1. The summed E-state index contributed by atoms with van der Waals surface area (Å²) in [4.78, 5) is 0. The molecule has 2 heteroatoms. The third-order valence-electron chi connectivity index (χ3n) is 3.52. The molecule has 1 saturated heterocycles. The van der Waals surface area contributed by atoms with E-state index in [1.807, 2.05) is 12.1 Å². The van der Waals surface area contributed by atoms with Gasteiger partial charge in [-0.25, -0.2) is 4.39 Å². The van der Waals surface area contributed by atoms with Gasteiger partial charge in [-0.05, 0) is 36.0 Å². The second kappa shape index (κ2) is 6.14. The molecule has 1 fully saturated rings. The minimum atomic E-state index is -0.00408. The first-order valence-corrected chi connectivity index (χ1v) is 6.71. The second-order valence-electron chi connectivity index (χ2n) is 5.24. The Kier molecular flexibility index (Phi) is 4.54. The molecule has 18 heavy (non-hydrogen) atoms. The first-order chi connectivity index (χ1) is 8.66. The summed E-state index contributed by atoms with van der Waals surface area (Å²) in [5.74, 6) is 0.558. The van der Waals surface area contributed by atoms with Crippen LogP contribution in [-0.2, 0) is 4.74 Å². The van der Waals surface area contributed by atoms with Crippen LogP contribution in [-0.4, -0.2) is 13.2 Å². The molecule has 0 amide bonds.